The Hall–Kier alpha value is -2.87. The lowest BCUT2D eigenvalue weighted by Gasteiger charge is -2.21. The maximum Gasteiger partial charge on any atom is 0.280 e. The molecule has 1 saturated heterocycles. The van der Waals surface area contributed by atoms with Crippen molar-refractivity contribution in [2.45, 2.75) is 77.1 Å². The van der Waals surface area contributed by atoms with Gasteiger partial charge in [0.1, 0.15) is 11.5 Å². The van der Waals surface area contributed by atoms with E-state index in [9.17, 15) is 36.6 Å². The SMILES string of the molecule is CC1CCCN1C(=O)c1nc(C(=O)N[C@@H](C)[C@H](C)O)sc1-c1cnc(NC(CCF)C(F)F)cc1C(F)F. The number of hydrogen-bond acceptors (Lipinski definition) is 7. The second-order valence-electron chi connectivity index (χ2n) is 9.21. The molecule has 0 aliphatic carbocycles. The molecule has 0 bridgehead atoms. The molecule has 0 aromatic carbocycles. The number of thiazole rings is 1. The van der Waals surface area contributed by atoms with Crippen LogP contribution in [0.5, 0.6) is 0 Å². The van der Waals surface area contributed by atoms with Crippen molar-refractivity contribution in [3.8, 4) is 10.4 Å². The number of amides is 2. The predicted octanol–water partition coefficient (Wildman–Crippen LogP) is 4.67. The molecule has 2 unspecified atom stereocenters. The molecule has 1 aliphatic rings. The van der Waals surface area contributed by atoms with Crippen LogP contribution in [0.3, 0.4) is 0 Å². The Balaban J connectivity index is 2.07. The van der Waals surface area contributed by atoms with Gasteiger partial charge in [0.05, 0.1) is 29.7 Å². The number of aliphatic hydroxyl groups excluding tert-OH is 1. The van der Waals surface area contributed by atoms with Crippen LogP contribution in [0.4, 0.5) is 27.8 Å². The van der Waals surface area contributed by atoms with Gasteiger partial charge in [0.15, 0.2) is 5.01 Å². The molecule has 3 heterocycles. The van der Waals surface area contributed by atoms with Crippen LogP contribution in [0, 0.1) is 0 Å². The highest BCUT2D eigenvalue weighted by molar-refractivity contribution is 7.17. The van der Waals surface area contributed by atoms with E-state index in [0.29, 0.717) is 17.9 Å². The lowest BCUT2D eigenvalue weighted by molar-refractivity contribution is 0.0742. The third kappa shape index (κ3) is 6.76. The number of rotatable bonds is 11. The van der Waals surface area contributed by atoms with Gasteiger partial charge in [0.25, 0.3) is 24.7 Å². The van der Waals surface area contributed by atoms with Gasteiger partial charge < -0.3 is 20.6 Å². The van der Waals surface area contributed by atoms with E-state index >= 15 is 0 Å². The first-order chi connectivity index (χ1) is 17.9. The van der Waals surface area contributed by atoms with Gasteiger partial charge in [-0.05, 0) is 39.7 Å². The maximum absolute atomic E-state index is 14.2. The number of aliphatic hydroxyl groups is 1. The largest absolute Gasteiger partial charge is 0.391 e. The number of alkyl halides is 5. The number of hydrogen-bond donors (Lipinski definition) is 3. The zero-order chi connectivity index (χ0) is 28.1. The van der Waals surface area contributed by atoms with Gasteiger partial charge in [-0.3, -0.25) is 14.0 Å². The van der Waals surface area contributed by atoms with Crippen molar-refractivity contribution >= 4 is 29.0 Å². The second-order valence-corrected chi connectivity index (χ2v) is 10.2. The second kappa shape index (κ2) is 12.8. The summed E-state index contributed by atoms with van der Waals surface area (Å²) in [4.78, 5) is 35.9. The molecule has 2 amide bonds. The average Bonchev–Trinajstić information content (AvgIpc) is 3.49. The number of carbonyl (C=O) groups excluding carboxylic acids is 2. The maximum atomic E-state index is 14.2. The van der Waals surface area contributed by atoms with Crippen LogP contribution in [0.1, 0.15) is 72.3 Å². The number of aromatic nitrogens is 2. The lowest BCUT2D eigenvalue weighted by Crippen LogP contribution is -2.39. The summed E-state index contributed by atoms with van der Waals surface area (Å²) in [5, 5.41) is 14.4. The molecule has 0 radical (unpaired) electrons. The topological polar surface area (TPSA) is 107 Å². The summed E-state index contributed by atoms with van der Waals surface area (Å²) in [6.07, 6.45) is -4.98. The molecule has 8 nitrogen and oxygen atoms in total. The highest BCUT2D eigenvalue weighted by atomic mass is 32.1. The minimum atomic E-state index is -3.09. The highest BCUT2D eigenvalue weighted by Gasteiger charge is 2.33. The van der Waals surface area contributed by atoms with Crippen LogP contribution in [0.25, 0.3) is 10.4 Å². The number of carbonyl (C=O) groups is 2. The van der Waals surface area contributed by atoms with Gasteiger partial charge in [-0.15, -0.1) is 11.3 Å². The molecule has 4 atom stereocenters. The number of nitrogens with one attached hydrogen (secondary N) is 2. The van der Waals surface area contributed by atoms with Gasteiger partial charge in [-0.2, -0.15) is 0 Å². The number of halogens is 5. The first-order valence-corrected chi connectivity index (χ1v) is 13.0. The Labute approximate surface area is 220 Å². The van der Waals surface area contributed by atoms with Crippen molar-refractivity contribution in [2.75, 3.05) is 18.5 Å². The Morgan fingerprint density at radius 3 is 2.53 bits per heavy atom. The molecule has 14 heteroatoms. The van der Waals surface area contributed by atoms with E-state index in [1.807, 2.05) is 6.92 Å². The predicted molar refractivity (Wildman–Crippen MR) is 133 cm³/mol. The van der Waals surface area contributed by atoms with Crippen molar-refractivity contribution in [1.82, 2.24) is 20.2 Å². The van der Waals surface area contributed by atoms with Gasteiger partial charge in [-0.1, -0.05) is 0 Å². The zero-order valence-corrected chi connectivity index (χ0v) is 21.9. The Kier molecular flexibility index (Phi) is 9.99. The molecular weight excluding hydrogens is 533 g/mol. The molecule has 3 N–H and O–H groups in total. The minimum Gasteiger partial charge on any atom is -0.391 e. The van der Waals surface area contributed by atoms with Crippen LogP contribution < -0.4 is 10.6 Å². The Bertz CT molecular complexity index is 1130. The smallest absolute Gasteiger partial charge is 0.280 e. The van der Waals surface area contributed by atoms with Crippen LogP contribution >= 0.6 is 11.3 Å². The van der Waals surface area contributed by atoms with E-state index in [2.05, 4.69) is 20.6 Å². The molecular formula is C24H30F5N5O3S. The fourth-order valence-corrected chi connectivity index (χ4v) is 4.99. The number of nitrogens with zero attached hydrogens (tertiary/aromatic N) is 3. The first-order valence-electron chi connectivity index (χ1n) is 12.1. The normalized spacial score (nSPS) is 18.1. The molecule has 1 fully saturated rings. The number of likely N-dealkylation sites (tertiary alicyclic amines) is 1. The van der Waals surface area contributed by atoms with Crippen molar-refractivity contribution in [3.63, 3.8) is 0 Å². The summed E-state index contributed by atoms with van der Waals surface area (Å²) < 4.78 is 67.4. The van der Waals surface area contributed by atoms with Gasteiger partial charge >= 0.3 is 0 Å². The third-order valence-electron chi connectivity index (χ3n) is 6.39. The van der Waals surface area contributed by atoms with E-state index < -0.39 is 61.5 Å². The third-order valence-corrected chi connectivity index (χ3v) is 7.48. The molecule has 0 saturated carbocycles. The molecule has 2 aromatic rings. The molecule has 38 heavy (non-hydrogen) atoms. The molecule has 1 aliphatic heterocycles. The van der Waals surface area contributed by atoms with E-state index in [0.717, 1.165) is 25.1 Å². The first kappa shape index (κ1) is 29.7. The van der Waals surface area contributed by atoms with E-state index in [-0.39, 0.29) is 33.0 Å². The fraction of sp³-hybridized carbons (Fsp3) is 0.583. The van der Waals surface area contributed by atoms with Crippen LogP contribution in [0.15, 0.2) is 12.3 Å². The van der Waals surface area contributed by atoms with Crippen LogP contribution in [-0.4, -0.2) is 75.7 Å². The quantitative estimate of drug-likeness (QED) is 0.343. The van der Waals surface area contributed by atoms with E-state index in [4.69, 9.17) is 0 Å². The average molecular weight is 564 g/mol. The van der Waals surface area contributed by atoms with Gasteiger partial charge in [0.2, 0.25) is 0 Å². The Morgan fingerprint density at radius 2 is 1.97 bits per heavy atom. The lowest BCUT2D eigenvalue weighted by atomic mass is 10.1. The molecule has 210 valence electrons. The monoisotopic (exact) mass is 563 g/mol. The van der Waals surface area contributed by atoms with E-state index in [1.165, 1.54) is 6.92 Å². The van der Waals surface area contributed by atoms with Crippen molar-refractivity contribution < 1.29 is 36.6 Å². The standard InChI is InChI=1S/C24H30F5N5O3S/c1-11-5-4-8-34(11)24(37)18-19(38-23(33-18)22(36)31-12(2)13(3)35)15-10-30-17(9-14(15)20(26)27)32-16(6-7-25)21(28)29/h9-13,16,20-21,35H,4-8H2,1-3H3,(H,30,32)(H,31,36)/t11?,12-,13-,16?/m0/s1. The van der Waals surface area contributed by atoms with Gasteiger partial charge in [0, 0.05) is 36.3 Å². The zero-order valence-electron chi connectivity index (χ0n) is 21.1. The van der Waals surface area contributed by atoms with Crippen molar-refractivity contribution in [2.24, 2.45) is 0 Å². The van der Waals surface area contributed by atoms with Gasteiger partial charge in [-0.25, -0.2) is 27.5 Å². The van der Waals surface area contributed by atoms with Crippen LogP contribution in [0.2, 0.25) is 0 Å². The summed E-state index contributed by atoms with van der Waals surface area (Å²) in [6, 6.07) is -1.53. The van der Waals surface area contributed by atoms with Crippen molar-refractivity contribution in [1.29, 1.82) is 0 Å². The summed E-state index contributed by atoms with van der Waals surface area (Å²) in [6.45, 7) is 4.28. The summed E-state index contributed by atoms with van der Waals surface area (Å²) in [5.41, 5.74) is -1.00. The molecule has 0 spiro atoms. The number of anilines is 1. The number of pyridine rings is 1. The summed E-state index contributed by atoms with van der Waals surface area (Å²) in [7, 11) is 0. The molecule has 2 aromatic heterocycles. The van der Waals surface area contributed by atoms with E-state index in [1.54, 1.807) is 11.8 Å². The van der Waals surface area contributed by atoms with Crippen molar-refractivity contribution in [3.05, 3.63) is 28.5 Å². The highest BCUT2D eigenvalue weighted by Crippen LogP contribution is 2.39. The summed E-state index contributed by atoms with van der Waals surface area (Å²) >= 11 is 0.712. The minimum absolute atomic E-state index is 0.0209. The fourth-order valence-electron chi connectivity index (χ4n) is 3.99. The van der Waals surface area contributed by atoms with Crippen LogP contribution in [-0.2, 0) is 0 Å². The molecule has 3 rings (SSSR count). The Morgan fingerprint density at radius 1 is 1.26 bits per heavy atom. The summed E-state index contributed by atoms with van der Waals surface area (Å²) in [5.74, 6) is -1.54.